The monoisotopic (exact) mass is 223 g/mol. The maximum atomic E-state index is 8.36. The Morgan fingerprint density at radius 3 is 1.00 bits per heavy atom. The topological polar surface area (TPSA) is 185 Å². The summed E-state index contributed by atoms with van der Waals surface area (Å²) in [6.45, 7) is 0. The van der Waals surface area contributed by atoms with Gasteiger partial charge in [-0.15, -0.1) is 10.1 Å². The molecule has 0 radical (unpaired) electrons. The van der Waals surface area contributed by atoms with Crippen molar-refractivity contribution >= 4 is 0 Å². The number of hydrogen-bond acceptors (Lipinski definition) is 8. The van der Waals surface area contributed by atoms with Crippen LogP contribution in [-0.4, -0.2) is 35.8 Å². The van der Waals surface area contributed by atoms with Crippen molar-refractivity contribution in [3.63, 3.8) is 0 Å². The minimum atomic E-state index is -7.54. The average molecular weight is 224 g/mol. The van der Waals surface area contributed by atoms with Crippen molar-refractivity contribution in [3.05, 3.63) is 10.1 Å². The second kappa shape index (κ2) is 2.22. The number of nitrogens with zero attached hydrogens (tertiary/aromatic N) is 1. The molecule has 0 unspecified atom stereocenters. The summed E-state index contributed by atoms with van der Waals surface area (Å²) in [5.41, 5.74) is 0. The molecule has 0 rings (SSSR count). The van der Waals surface area contributed by atoms with Gasteiger partial charge in [0.1, 0.15) is 0 Å². The van der Waals surface area contributed by atoms with Crippen molar-refractivity contribution in [2.45, 2.75) is 0 Å². The van der Waals surface area contributed by atoms with Gasteiger partial charge in [-0.25, -0.2) is 0 Å². The van der Waals surface area contributed by atoms with Crippen LogP contribution in [0.25, 0.3) is 0 Å². The van der Waals surface area contributed by atoms with Crippen LogP contribution in [0.3, 0.4) is 0 Å². The third kappa shape index (κ3) is 1760. The van der Waals surface area contributed by atoms with Crippen LogP contribution in [0.15, 0.2) is 0 Å². The Hall–Kier alpha value is -0.546. The first-order valence-corrected chi connectivity index (χ1v) is 4.06. The van der Waals surface area contributed by atoms with Crippen molar-refractivity contribution in [2.75, 3.05) is 0 Å². The molecule has 7 N–H and O–H groups in total. The summed E-state index contributed by atoms with van der Waals surface area (Å²) < 4.78 is 44.1. The summed E-state index contributed by atoms with van der Waals surface area (Å²) in [5.74, 6) is 0. The Balaban J connectivity index is 0. The Morgan fingerprint density at radius 1 is 1.00 bits per heavy atom. The second-order valence-corrected chi connectivity index (χ2v) is 4.15. The van der Waals surface area contributed by atoms with Gasteiger partial charge in [-0.3, -0.25) is 0 Å². The first-order valence-electron chi connectivity index (χ1n) is 1.41. The van der Waals surface area contributed by atoms with Crippen LogP contribution in [0.2, 0.25) is 0 Å². The normalized spacial score (nSPS) is 16.9. The molecular weight excluding hydrogens is 217 g/mol. The van der Waals surface area contributed by atoms with E-state index in [2.05, 4.69) is 0 Å². The predicted molar refractivity (Wildman–Crippen MR) is 22.1 cm³/mol. The van der Waals surface area contributed by atoms with E-state index >= 15 is 0 Å². The van der Waals surface area contributed by atoms with Gasteiger partial charge in [0.15, 0.2) is 0 Å². The van der Waals surface area contributed by atoms with Gasteiger partial charge >= 0.3 is 37.8 Å². The van der Waals surface area contributed by atoms with Crippen LogP contribution in [0.5, 0.6) is 0 Å². The first kappa shape index (κ1) is 13.1. The van der Waals surface area contributed by atoms with Gasteiger partial charge in [0.2, 0.25) is 0 Å². The van der Waals surface area contributed by atoms with E-state index in [4.69, 9.17) is 40.8 Å². The standard InChI is InChI=1S/HNO3.Ni.6H2O/c2-1(3)4;;;;;;;/h(H,2,3,4);;6*1H2/q;+6;;;;;;/p-6. The molecule has 0 heterocycles. The molecule has 0 fully saturated rings. The summed E-state index contributed by atoms with van der Waals surface area (Å²) >= 11 is -7.54. The van der Waals surface area contributed by atoms with Gasteiger partial charge in [-0.05, 0) is 0 Å². The van der Waals surface area contributed by atoms with Crippen LogP contribution in [-0.2, 0) is 12.3 Å². The molecule has 76 valence electrons. The van der Waals surface area contributed by atoms with Crippen LogP contribution in [0.1, 0.15) is 0 Å². The zero-order valence-corrected chi connectivity index (χ0v) is 5.70. The van der Waals surface area contributed by atoms with Crippen molar-refractivity contribution in [3.8, 4) is 0 Å². The molecule has 11 heteroatoms. The van der Waals surface area contributed by atoms with Crippen molar-refractivity contribution < 1.29 is 48.1 Å². The molecule has 10 nitrogen and oxygen atoms in total. The summed E-state index contributed by atoms with van der Waals surface area (Å²) in [7, 11) is 0. The molecule has 0 aliphatic heterocycles. The summed E-state index contributed by atoms with van der Waals surface area (Å²) in [6.07, 6.45) is 0. The predicted octanol–water partition coefficient (Wildman–Crippen LogP) is -3.69. The van der Waals surface area contributed by atoms with Crippen LogP contribution >= 0.6 is 0 Å². The van der Waals surface area contributed by atoms with E-state index < -0.39 is 17.4 Å². The summed E-state index contributed by atoms with van der Waals surface area (Å²) in [5, 5.41) is 13.6. The SMILES string of the molecule is O=[N+]([O-])O.[OH][Ni]([OH])([OH])([OH])([OH])[OH]. The Bertz CT molecular complexity index is 127. The van der Waals surface area contributed by atoms with Crippen LogP contribution < -0.4 is 0 Å². The van der Waals surface area contributed by atoms with E-state index in [1.54, 1.807) is 0 Å². The van der Waals surface area contributed by atoms with Crippen LogP contribution in [0.4, 0.5) is 0 Å². The molecule has 0 aliphatic rings. The van der Waals surface area contributed by atoms with E-state index in [1.165, 1.54) is 0 Å². The molecule has 0 spiro atoms. The van der Waals surface area contributed by atoms with E-state index in [0.717, 1.165) is 0 Å². The zero-order chi connectivity index (χ0) is 9.99. The third-order valence-corrected chi connectivity index (χ3v) is 0. The van der Waals surface area contributed by atoms with Gasteiger partial charge in [-0.1, -0.05) is 0 Å². The fraction of sp³-hybridized carbons (Fsp3) is 0. The molecule has 0 aromatic rings. The van der Waals surface area contributed by atoms with Gasteiger partial charge in [-0.2, -0.15) is 0 Å². The Labute approximate surface area is 59.1 Å². The molecular formula is H7NNiO9. The molecule has 0 aliphatic carbocycles. The molecule has 0 amide bonds. The molecule has 0 bridgehead atoms. The summed E-state index contributed by atoms with van der Waals surface area (Å²) in [6, 6.07) is 0. The maximum absolute atomic E-state index is 8.36. The number of hydrogen-bond donors (Lipinski definition) is 7. The van der Waals surface area contributed by atoms with Gasteiger partial charge in [0, 0.05) is 0 Å². The van der Waals surface area contributed by atoms with Crippen molar-refractivity contribution in [1.82, 2.24) is 0 Å². The van der Waals surface area contributed by atoms with E-state index in [0.29, 0.717) is 0 Å². The second-order valence-electron chi connectivity index (χ2n) is 1.19. The average Bonchev–Trinajstić information content (AvgIpc) is 1.11. The first-order chi connectivity index (χ1) is 4.18. The third-order valence-electron chi connectivity index (χ3n) is 0. The molecule has 11 heavy (non-hydrogen) atoms. The number of rotatable bonds is 0. The molecule has 0 saturated carbocycles. The molecule has 0 atom stereocenters. The molecule has 0 aromatic heterocycles. The summed E-state index contributed by atoms with van der Waals surface area (Å²) in [4.78, 5) is 8.36. The Kier molecular flexibility index (Phi) is 2.64. The van der Waals surface area contributed by atoms with E-state index in [-0.39, 0.29) is 0 Å². The van der Waals surface area contributed by atoms with E-state index in [1.807, 2.05) is 0 Å². The van der Waals surface area contributed by atoms with Crippen molar-refractivity contribution in [2.24, 2.45) is 0 Å². The quantitative estimate of drug-likeness (QED) is 0.123. The minimum absolute atomic E-state index is 1.50. The van der Waals surface area contributed by atoms with Gasteiger partial charge in [0.25, 0.3) is 5.09 Å². The fourth-order valence-corrected chi connectivity index (χ4v) is 0. The van der Waals surface area contributed by atoms with Gasteiger partial charge < -0.3 is 5.21 Å². The Morgan fingerprint density at radius 2 is 1.00 bits per heavy atom. The van der Waals surface area contributed by atoms with Crippen LogP contribution in [0, 0.1) is 10.1 Å². The molecule has 0 saturated heterocycles. The fourth-order valence-electron chi connectivity index (χ4n) is 0. The zero-order valence-electron chi connectivity index (χ0n) is 4.71. The van der Waals surface area contributed by atoms with Crippen molar-refractivity contribution in [1.29, 1.82) is 0 Å². The molecule has 0 aromatic carbocycles. The van der Waals surface area contributed by atoms with Gasteiger partial charge in [0.05, 0.1) is 0 Å². The van der Waals surface area contributed by atoms with E-state index in [9.17, 15) is 0 Å².